The molecule has 0 amide bonds. The smallest absolute Gasteiger partial charge is 0.147 e. The summed E-state index contributed by atoms with van der Waals surface area (Å²) in [7, 11) is 4.20. The van der Waals surface area contributed by atoms with E-state index in [4.69, 9.17) is 0 Å². The Labute approximate surface area is 149 Å². The van der Waals surface area contributed by atoms with Crippen LogP contribution in [0.5, 0.6) is 0 Å². The fraction of sp³-hybridized carbons (Fsp3) is 0.722. The van der Waals surface area contributed by atoms with Gasteiger partial charge in [0, 0.05) is 24.2 Å². The Bertz CT molecular complexity index is 705. The van der Waals surface area contributed by atoms with Crippen LogP contribution in [0.1, 0.15) is 60.7 Å². The van der Waals surface area contributed by atoms with Gasteiger partial charge in [-0.05, 0) is 59.8 Å². The normalized spacial score (nSPS) is 19.8. The molecule has 2 aromatic heterocycles. The number of aromatic nitrogens is 5. The van der Waals surface area contributed by atoms with Crippen molar-refractivity contribution in [2.45, 2.75) is 57.7 Å². The van der Waals surface area contributed by atoms with Crippen LogP contribution in [0.25, 0.3) is 0 Å². The van der Waals surface area contributed by atoms with E-state index in [1.165, 1.54) is 30.1 Å². The van der Waals surface area contributed by atoms with Crippen LogP contribution in [0.4, 0.5) is 0 Å². The van der Waals surface area contributed by atoms with Crippen molar-refractivity contribution in [3.05, 3.63) is 29.4 Å². The quantitative estimate of drug-likeness (QED) is 0.870. The first kappa shape index (κ1) is 16.7. The topological polar surface area (TPSA) is 65.9 Å². The van der Waals surface area contributed by atoms with Gasteiger partial charge in [-0.25, -0.2) is 4.98 Å². The predicted octanol–water partition coefficient (Wildman–Crippen LogP) is 2.09. The minimum absolute atomic E-state index is 0.542. The molecule has 1 N–H and O–H groups in total. The number of aromatic amines is 1. The summed E-state index contributed by atoms with van der Waals surface area (Å²) in [6.45, 7) is 6.14. The Balaban J connectivity index is 1.42. The van der Waals surface area contributed by atoms with E-state index in [1.807, 2.05) is 0 Å². The van der Waals surface area contributed by atoms with Crippen molar-refractivity contribution in [3.8, 4) is 0 Å². The summed E-state index contributed by atoms with van der Waals surface area (Å²) in [5.41, 5.74) is 2.36. The number of H-pyrrole nitrogens is 1. The molecule has 7 nitrogen and oxygen atoms in total. The molecule has 4 rings (SSSR count). The third kappa shape index (κ3) is 3.62. The van der Waals surface area contributed by atoms with Gasteiger partial charge < -0.3 is 14.5 Å². The van der Waals surface area contributed by atoms with E-state index in [1.54, 1.807) is 6.33 Å². The Kier molecular flexibility index (Phi) is 4.60. The number of imidazole rings is 1. The van der Waals surface area contributed by atoms with Crippen molar-refractivity contribution in [3.63, 3.8) is 0 Å². The van der Waals surface area contributed by atoms with E-state index in [0.717, 1.165) is 44.8 Å². The number of nitrogens with zero attached hydrogens (tertiary/aromatic N) is 6. The molecule has 1 aliphatic heterocycles. The van der Waals surface area contributed by atoms with E-state index in [-0.39, 0.29) is 0 Å². The van der Waals surface area contributed by atoms with Crippen LogP contribution in [0, 0.1) is 6.92 Å². The van der Waals surface area contributed by atoms with Crippen LogP contribution in [0.3, 0.4) is 0 Å². The first-order valence-electron chi connectivity index (χ1n) is 9.41. The van der Waals surface area contributed by atoms with Crippen LogP contribution in [-0.2, 0) is 13.1 Å². The fourth-order valence-corrected chi connectivity index (χ4v) is 3.84. The van der Waals surface area contributed by atoms with Crippen LogP contribution in [0.2, 0.25) is 0 Å². The monoisotopic (exact) mass is 343 g/mol. The summed E-state index contributed by atoms with van der Waals surface area (Å²) >= 11 is 0. The molecule has 1 saturated carbocycles. The van der Waals surface area contributed by atoms with E-state index in [9.17, 15) is 0 Å². The molecule has 0 atom stereocenters. The van der Waals surface area contributed by atoms with Gasteiger partial charge >= 0.3 is 0 Å². The highest BCUT2D eigenvalue weighted by Crippen LogP contribution is 2.40. The zero-order valence-electron chi connectivity index (χ0n) is 15.6. The first-order chi connectivity index (χ1) is 12.1. The summed E-state index contributed by atoms with van der Waals surface area (Å²) < 4.78 is 2.46. The Morgan fingerprint density at radius 3 is 2.52 bits per heavy atom. The van der Waals surface area contributed by atoms with Gasteiger partial charge in [0.2, 0.25) is 0 Å². The first-order valence-corrected chi connectivity index (χ1v) is 9.41. The number of likely N-dealkylation sites (tertiary alicyclic amines) is 1. The minimum Gasteiger partial charge on any atom is -0.348 e. The molecule has 0 spiro atoms. The number of hydrogen-bond acceptors (Lipinski definition) is 5. The van der Waals surface area contributed by atoms with Crippen molar-refractivity contribution < 1.29 is 0 Å². The Morgan fingerprint density at radius 1 is 1.16 bits per heavy atom. The predicted molar refractivity (Wildman–Crippen MR) is 96.3 cm³/mol. The average molecular weight is 343 g/mol. The summed E-state index contributed by atoms with van der Waals surface area (Å²) in [6, 6.07) is 0.643. The number of rotatable bonds is 6. The second-order valence-corrected chi connectivity index (χ2v) is 7.84. The zero-order valence-corrected chi connectivity index (χ0v) is 15.6. The third-order valence-electron chi connectivity index (χ3n) is 5.42. The van der Waals surface area contributed by atoms with Gasteiger partial charge in [-0.15, -0.1) is 10.2 Å². The van der Waals surface area contributed by atoms with E-state index >= 15 is 0 Å². The van der Waals surface area contributed by atoms with Crippen LogP contribution >= 0.6 is 0 Å². The third-order valence-corrected chi connectivity index (χ3v) is 5.42. The summed E-state index contributed by atoms with van der Waals surface area (Å²) in [5, 5.41) is 9.15. The summed E-state index contributed by atoms with van der Waals surface area (Å²) in [6.07, 6.45) is 6.68. The SMILES string of the molecule is Cc1[nH]cnc1CN1CCC(c2nnc(CN(C)C)n2C2CC2)CC1. The lowest BCUT2D eigenvalue weighted by Crippen LogP contribution is -2.33. The molecule has 136 valence electrons. The molecule has 2 aromatic rings. The molecule has 0 aromatic carbocycles. The zero-order chi connectivity index (χ0) is 17.4. The minimum atomic E-state index is 0.542. The van der Waals surface area contributed by atoms with Crippen molar-refractivity contribution in [2.75, 3.05) is 27.2 Å². The lowest BCUT2D eigenvalue weighted by atomic mass is 9.95. The molecule has 1 saturated heterocycles. The number of hydrogen-bond donors (Lipinski definition) is 1. The maximum Gasteiger partial charge on any atom is 0.147 e. The Hall–Kier alpha value is -1.73. The highest BCUT2D eigenvalue weighted by atomic mass is 15.3. The van der Waals surface area contributed by atoms with Gasteiger partial charge in [-0.3, -0.25) is 4.90 Å². The van der Waals surface area contributed by atoms with Crippen molar-refractivity contribution >= 4 is 0 Å². The fourth-order valence-electron chi connectivity index (χ4n) is 3.84. The molecule has 25 heavy (non-hydrogen) atoms. The number of piperidine rings is 1. The van der Waals surface area contributed by atoms with Crippen LogP contribution in [-0.4, -0.2) is 61.7 Å². The summed E-state index contributed by atoms with van der Waals surface area (Å²) in [4.78, 5) is 12.3. The molecular weight excluding hydrogens is 314 g/mol. The van der Waals surface area contributed by atoms with Crippen molar-refractivity contribution in [2.24, 2.45) is 0 Å². The Morgan fingerprint density at radius 2 is 1.92 bits per heavy atom. The molecular formula is C18H29N7. The lowest BCUT2D eigenvalue weighted by Gasteiger charge is -2.31. The molecule has 0 unspecified atom stereocenters. The lowest BCUT2D eigenvalue weighted by molar-refractivity contribution is 0.197. The van der Waals surface area contributed by atoms with E-state index in [2.05, 4.69) is 55.6 Å². The highest BCUT2D eigenvalue weighted by molar-refractivity contribution is 5.11. The number of nitrogens with one attached hydrogen (secondary N) is 1. The molecule has 3 heterocycles. The van der Waals surface area contributed by atoms with Gasteiger partial charge in [0.1, 0.15) is 11.6 Å². The molecule has 2 aliphatic rings. The van der Waals surface area contributed by atoms with Gasteiger partial charge in [0.25, 0.3) is 0 Å². The highest BCUT2D eigenvalue weighted by Gasteiger charge is 2.33. The van der Waals surface area contributed by atoms with Gasteiger partial charge in [0.05, 0.1) is 18.6 Å². The van der Waals surface area contributed by atoms with Crippen LogP contribution < -0.4 is 0 Å². The van der Waals surface area contributed by atoms with E-state index in [0.29, 0.717) is 12.0 Å². The maximum atomic E-state index is 4.62. The molecule has 0 bridgehead atoms. The standard InChI is InChI=1S/C18H29N7/c1-13-16(20-12-19-13)10-24-8-6-14(7-9-24)18-22-21-17(11-23(2)3)25(18)15-4-5-15/h12,14-15H,4-11H2,1-3H3,(H,19,20). The van der Waals surface area contributed by atoms with Crippen molar-refractivity contribution in [1.82, 2.24) is 34.5 Å². The molecule has 7 heteroatoms. The molecule has 0 radical (unpaired) electrons. The van der Waals surface area contributed by atoms with Gasteiger partial charge in [-0.1, -0.05) is 0 Å². The van der Waals surface area contributed by atoms with Crippen molar-refractivity contribution in [1.29, 1.82) is 0 Å². The van der Waals surface area contributed by atoms with Gasteiger partial charge in [-0.2, -0.15) is 0 Å². The largest absolute Gasteiger partial charge is 0.348 e. The molecule has 1 aliphatic carbocycles. The number of aryl methyl sites for hydroxylation is 1. The van der Waals surface area contributed by atoms with Gasteiger partial charge in [0.15, 0.2) is 0 Å². The second-order valence-electron chi connectivity index (χ2n) is 7.84. The maximum absolute atomic E-state index is 4.62. The summed E-state index contributed by atoms with van der Waals surface area (Å²) in [5.74, 6) is 2.91. The van der Waals surface area contributed by atoms with E-state index < -0.39 is 0 Å². The second kappa shape index (κ2) is 6.88. The molecule has 2 fully saturated rings. The average Bonchev–Trinajstić information content (AvgIpc) is 3.23. The van der Waals surface area contributed by atoms with Crippen LogP contribution in [0.15, 0.2) is 6.33 Å².